The van der Waals surface area contributed by atoms with Crippen LogP contribution in [0.5, 0.6) is 0 Å². The largest absolute Gasteiger partial charge is 0.300 e. The van der Waals surface area contributed by atoms with E-state index < -0.39 is 0 Å². The fourth-order valence-corrected chi connectivity index (χ4v) is 3.20. The van der Waals surface area contributed by atoms with Crippen molar-refractivity contribution in [3.8, 4) is 0 Å². The van der Waals surface area contributed by atoms with Crippen molar-refractivity contribution in [2.75, 3.05) is 18.4 Å². The Bertz CT molecular complexity index is 166. The van der Waals surface area contributed by atoms with Crippen LogP contribution in [0.3, 0.4) is 0 Å². The third-order valence-electron chi connectivity index (χ3n) is 3.57. The quantitative estimate of drug-likeness (QED) is 0.516. The molecule has 0 radical (unpaired) electrons. The van der Waals surface area contributed by atoms with Gasteiger partial charge in [0, 0.05) is 17.9 Å². The molecule has 0 amide bonds. The van der Waals surface area contributed by atoms with Crippen LogP contribution >= 0.6 is 15.9 Å². The van der Waals surface area contributed by atoms with Gasteiger partial charge in [0.05, 0.1) is 0 Å². The lowest BCUT2D eigenvalue weighted by Crippen LogP contribution is -2.38. The summed E-state index contributed by atoms with van der Waals surface area (Å²) in [4.78, 5) is 2.72. The van der Waals surface area contributed by atoms with Crippen molar-refractivity contribution >= 4 is 15.9 Å². The second kappa shape index (κ2) is 10.4. The van der Waals surface area contributed by atoms with Crippen molar-refractivity contribution in [2.24, 2.45) is 11.8 Å². The first kappa shape index (κ1) is 17.4. The van der Waals surface area contributed by atoms with Gasteiger partial charge in [-0.15, -0.1) is 0 Å². The molecule has 0 rings (SSSR count). The van der Waals surface area contributed by atoms with Gasteiger partial charge in [0.15, 0.2) is 0 Å². The van der Waals surface area contributed by atoms with E-state index in [4.69, 9.17) is 0 Å². The summed E-state index contributed by atoms with van der Waals surface area (Å²) in [6.45, 7) is 14.2. The van der Waals surface area contributed by atoms with E-state index in [0.717, 1.165) is 23.2 Å². The highest BCUT2D eigenvalue weighted by Crippen LogP contribution is 2.16. The number of alkyl halides is 1. The zero-order chi connectivity index (χ0) is 13.3. The minimum Gasteiger partial charge on any atom is -0.300 e. The Labute approximate surface area is 117 Å². The van der Waals surface area contributed by atoms with Crippen molar-refractivity contribution in [1.29, 1.82) is 0 Å². The molecule has 17 heavy (non-hydrogen) atoms. The van der Waals surface area contributed by atoms with Crippen LogP contribution in [0.1, 0.15) is 60.3 Å². The molecule has 1 unspecified atom stereocenters. The minimum atomic E-state index is 0.780. The fourth-order valence-electron chi connectivity index (χ4n) is 2.41. The summed E-state index contributed by atoms with van der Waals surface area (Å²) < 4.78 is 0. The Balaban J connectivity index is 4.17. The second-order valence-electron chi connectivity index (χ2n) is 5.73. The molecule has 1 atom stereocenters. The molecule has 0 saturated heterocycles. The van der Waals surface area contributed by atoms with E-state index >= 15 is 0 Å². The zero-order valence-corrected chi connectivity index (χ0v) is 14.1. The lowest BCUT2D eigenvalue weighted by Gasteiger charge is -2.32. The van der Waals surface area contributed by atoms with Crippen LogP contribution in [0.25, 0.3) is 0 Å². The summed E-state index contributed by atoms with van der Waals surface area (Å²) in [6.07, 6.45) is 5.22. The van der Waals surface area contributed by atoms with Gasteiger partial charge in [-0.25, -0.2) is 0 Å². The maximum atomic E-state index is 3.54. The average Bonchev–Trinajstić information content (AvgIpc) is 2.27. The zero-order valence-electron chi connectivity index (χ0n) is 12.5. The third kappa shape index (κ3) is 8.20. The van der Waals surface area contributed by atoms with Gasteiger partial charge >= 0.3 is 0 Å². The second-order valence-corrected chi connectivity index (χ2v) is 6.52. The topological polar surface area (TPSA) is 3.24 Å². The Kier molecular flexibility index (Phi) is 10.6. The molecule has 0 aliphatic heterocycles. The maximum Gasteiger partial charge on any atom is 0.00901 e. The fraction of sp³-hybridized carbons (Fsp3) is 1.00. The number of hydrogen-bond acceptors (Lipinski definition) is 1. The number of rotatable bonds is 10. The van der Waals surface area contributed by atoms with Crippen LogP contribution in [0, 0.1) is 11.8 Å². The summed E-state index contributed by atoms with van der Waals surface area (Å²) in [5, 5.41) is 1.14. The van der Waals surface area contributed by atoms with Gasteiger partial charge in [0.1, 0.15) is 0 Å². The predicted molar refractivity (Wildman–Crippen MR) is 83.0 cm³/mol. The summed E-state index contributed by atoms with van der Waals surface area (Å²) in [5.41, 5.74) is 0. The van der Waals surface area contributed by atoms with Gasteiger partial charge in [0.25, 0.3) is 0 Å². The van der Waals surface area contributed by atoms with Crippen LogP contribution < -0.4 is 0 Å². The van der Waals surface area contributed by atoms with Crippen molar-refractivity contribution in [3.63, 3.8) is 0 Å². The van der Waals surface area contributed by atoms with Crippen LogP contribution in [-0.4, -0.2) is 29.4 Å². The normalized spacial score (nSPS) is 13.9. The molecule has 0 saturated carbocycles. The third-order valence-corrected chi connectivity index (χ3v) is 4.03. The molecule has 1 nitrogen and oxygen atoms in total. The van der Waals surface area contributed by atoms with Gasteiger partial charge in [0.2, 0.25) is 0 Å². The lowest BCUT2D eigenvalue weighted by atomic mass is 10.0. The van der Waals surface area contributed by atoms with Crippen molar-refractivity contribution < 1.29 is 0 Å². The van der Waals surface area contributed by atoms with Crippen molar-refractivity contribution in [1.82, 2.24) is 4.90 Å². The Morgan fingerprint density at radius 3 is 2.00 bits per heavy atom. The number of halogens is 1. The van der Waals surface area contributed by atoms with Crippen LogP contribution in [0.4, 0.5) is 0 Å². The molecule has 0 aliphatic carbocycles. The molecule has 0 aromatic heterocycles. The molecule has 0 aromatic carbocycles. The molecule has 0 heterocycles. The van der Waals surface area contributed by atoms with E-state index in [2.05, 4.69) is 55.4 Å². The van der Waals surface area contributed by atoms with Gasteiger partial charge in [-0.1, -0.05) is 50.5 Å². The summed E-state index contributed by atoms with van der Waals surface area (Å²) in [7, 11) is 0. The average molecular weight is 306 g/mol. The molecular weight excluding hydrogens is 274 g/mol. The first-order valence-corrected chi connectivity index (χ1v) is 8.47. The maximum absolute atomic E-state index is 3.54. The lowest BCUT2D eigenvalue weighted by molar-refractivity contribution is 0.156. The minimum absolute atomic E-state index is 0.780. The van der Waals surface area contributed by atoms with Gasteiger partial charge in [-0.3, -0.25) is 0 Å². The van der Waals surface area contributed by atoms with Gasteiger partial charge in [-0.05, 0) is 44.1 Å². The molecule has 0 aromatic rings. The van der Waals surface area contributed by atoms with Crippen LogP contribution in [0.2, 0.25) is 0 Å². The van der Waals surface area contributed by atoms with E-state index in [1.165, 1.54) is 38.8 Å². The van der Waals surface area contributed by atoms with Crippen LogP contribution in [-0.2, 0) is 0 Å². The molecule has 0 aliphatic rings. The van der Waals surface area contributed by atoms with E-state index in [-0.39, 0.29) is 0 Å². The Morgan fingerprint density at radius 1 is 1.00 bits per heavy atom. The highest BCUT2D eigenvalue weighted by atomic mass is 79.9. The molecule has 0 bridgehead atoms. The summed E-state index contributed by atoms with van der Waals surface area (Å²) in [6, 6.07) is 0.786. The number of nitrogens with zero attached hydrogens (tertiary/aromatic N) is 1. The van der Waals surface area contributed by atoms with Crippen molar-refractivity contribution in [2.45, 2.75) is 66.3 Å². The molecule has 0 N–H and O–H groups in total. The molecular formula is C15H32BrN. The highest BCUT2D eigenvalue weighted by Gasteiger charge is 2.16. The Morgan fingerprint density at radius 2 is 1.59 bits per heavy atom. The first-order chi connectivity index (χ1) is 8.04. The SMILES string of the molecule is CCC(CC)N(CCC(C)CCBr)CC(C)C. The summed E-state index contributed by atoms with van der Waals surface area (Å²) >= 11 is 3.54. The Hall–Kier alpha value is 0.440. The molecule has 104 valence electrons. The van der Waals surface area contributed by atoms with E-state index in [1.54, 1.807) is 0 Å². The molecule has 0 fully saturated rings. The van der Waals surface area contributed by atoms with E-state index in [9.17, 15) is 0 Å². The monoisotopic (exact) mass is 305 g/mol. The molecule has 2 heteroatoms. The van der Waals surface area contributed by atoms with Gasteiger partial charge in [-0.2, -0.15) is 0 Å². The summed E-state index contributed by atoms with van der Waals surface area (Å²) in [5.74, 6) is 1.63. The number of hydrogen-bond donors (Lipinski definition) is 0. The van der Waals surface area contributed by atoms with Crippen LogP contribution in [0.15, 0.2) is 0 Å². The standard InChI is InChI=1S/C15H32BrN/c1-6-15(7-2)17(12-13(3)4)11-9-14(5)8-10-16/h13-15H,6-12H2,1-5H3. The highest BCUT2D eigenvalue weighted by molar-refractivity contribution is 9.09. The van der Waals surface area contributed by atoms with E-state index in [0.29, 0.717) is 0 Å². The smallest absolute Gasteiger partial charge is 0.00901 e. The van der Waals surface area contributed by atoms with E-state index in [1.807, 2.05) is 0 Å². The first-order valence-electron chi connectivity index (χ1n) is 7.35. The van der Waals surface area contributed by atoms with Crippen molar-refractivity contribution in [3.05, 3.63) is 0 Å². The van der Waals surface area contributed by atoms with Gasteiger partial charge < -0.3 is 4.90 Å². The molecule has 0 spiro atoms. The predicted octanol–water partition coefficient (Wildman–Crippen LogP) is 4.94.